The van der Waals surface area contributed by atoms with Gasteiger partial charge in [-0.3, -0.25) is 4.79 Å². The fourth-order valence-electron chi connectivity index (χ4n) is 2.03. The minimum atomic E-state index is -0.204. The van der Waals surface area contributed by atoms with E-state index in [2.05, 4.69) is 29.1 Å². The fourth-order valence-corrected chi connectivity index (χ4v) is 2.23. The number of hydrogen-bond acceptors (Lipinski definition) is 2. The van der Waals surface area contributed by atoms with Crippen LogP contribution in [0.25, 0.3) is 0 Å². The van der Waals surface area contributed by atoms with E-state index >= 15 is 0 Å². The molecule has 1 fully saturated rings. The normalized spacial score (nSPS) is 18.3. The standard InChI is InChI=1S/C11H14ClN.C2H5N3O/c1-13-6-5-10(8-13)9-3-2-4-11(12)7-9;3-2(4)5-1-6/h2-4,7,10H,5-6,8H2,1H3;1H,(H4,3,4,5,6). The second-order valence-corrected chi connectivity index (χ2v) is 4.90. The van der Waals surface area contributed by atoms with Crippen LogP contribution in [0.2, 0.25) is 5.02 Å². The SMILES string of the molecule is CN1CCC(c2cccc(Cl)c2)C1.NC(N)=NC=O. The van der Waals surface area contributed by atoms with Gasteiger partial charge >= 0.3 is 0 Å². The topological polar surface area (TPSA) is 84.7 Å². The van der Waals surface area contributed by atoms with Crippen LogP contribution in [0, 0.1) is 0 Å². The van der Waals surface area contributed by atoms with E-state index in [0.29, 0.717) is 5.92 Å². The first-order chi connectivity index (χ1) is 9.02. The van der Waals surface area contributed by atoms with Gasteiger partial charge in [0.25, 0.3) is 0 Å². The van der Waals surface area contributed by atoms with Crippen molar-refractivity contribution in [3.63, 3.8) is 0 Å². The van der Waals surface area contributed by atoms with Crippen LogP contribution in [-0.2, 0) is 4.79 Å². The first kappa shape index (κ1) is 15.5. The number of rotatable bonds is 2. The van der Waals surface area contributed by atoms with E-state index in [1.54, 1.807) is 0 Å². The van der Waals surface area contributed by atoms with E-state index in [4.69, 9.17) is 23.1 Å². The number of benzene rings is 1. The van der Waals surface area contributed by atoms with Gasteiger partial charge in [-0.2, -0.15) is 4.99 Å². The number of carbonyl (C=O) groups excluding carboxylic acids is 1. The minimum Gasteiger partial charge on any atom is -0.370 e. The van der Waals surface area contributed by atoms with Crippen molar-refractivity contribution in [2.24, 2.45) is 16.5 Å². The highest BCUT2D eigenvalue weighted by Crippen LogP contribution is 2.27. The summed E-state index contributed by atoms with van der Waals surface area (Å²) in [6.07, 6.45) is 1.55. The Morgan fingerprint density at radius 2 is 2.26 bits per heavy atom. The van der Waals surface area contributed by atoms with Crippen LogP contribution in [0.4, 0.5) is 0 Å². The van der Waals surface area contributed by atoms with Crippen LogP contribution in [0.1, 0.15) is 17.9 Å². The summed E-state index contributed by atoms with van der Waals surface area (Å²) in [6.45, 7) is 2.37. The molecule has 1 atom stereocenters. The molecular weight excluding hydrogens is 264 g/mol. The van der Waals surface area contributed by atoms with Gasteiger partial charge in [-0.25, -0.2) is 0 Å². The van der Waals surface area contributed by atoms with Crippen molar-refractivity contribution in [2.75, 3.05) is 20.1 Å². The van der Waals surface area contributed by atoms with Crippen LogP contribution in [0.5, 0.6) is 0 Å². The van der Waals surface area contributed by atoms with E-state index in [-0.39, 0.29) is 12.4 Å². The summed E-state index contributed by atoms with van der Waals surface area (Å²) in [6, 6.07) is 8.24. The molecule has 1 amide bonds. The van der Waals surface area contributed by atoms with Gasteiger partial charge in [-0.05, 0) is 43.6 Å². The average Bonchev–Trinajstić information content (AvgIpc) is 2.76. The second-order valence-electron chi connectivity index (χ2n) is 4.46. The predicted octanol–water partition coefficient (Wildman–Crippen LogP) is 1.18. The molecule has 1 aliphatic heterocycles. The molecule has 6 heteroatoms. The Hall–Kier alpha value is -1.59. The number of nitrogens with two attached hydrogens (primary N) is 2. The lowest BCUT2D eigenvalue weighted by molar-refractivity contribution is -0.106. The van der Waals surface area contributed by atoms with E-state index in [9.17, 15) is 4.79 Å². The first-order valence-corrected chi connectivity index (χ1v) is 6.37. The Bertz CT molecular complexity index is 446. The van der Waals surface area contributed by atoms with Gasteiger partial charge in [-0.15, -0.1) is 0 Å². The van der Waals surface area contributed by atoms with Gasteiger partial charge in [0.1, 0.15) is 0 Å². The summed E-state index contributed by atoms with van der Waals surface area (Å²) >= 11 is 5.95. The Morgan fingerprint density at radius 3 is 2.68 bits per heavy atom. The molecule has 1 unspecified atom stereocenters. The zero-order chi connectivity index (χ0) is 14.3. The summed E-state index contributed by atoms with van der Waals surface area (Å²) in [5.41, 5.74) is 10.8. The summed E-state index contributed by atoms with van der Waals surface area (Å²) in [5, 5.41) is 0.854. The number of halogens is 1. The highest BCUT2D eigenvalue weighted by molar-refractivity contribution is 6.30. The third-order valence-corrected chi connectivity index (χ3v) is 3.15. The number of likely N-dealkylation sites (N-methyl/N-ethyl adjacent to an activating group) is 1. The molecule has 104 valence electrons. The van der Waals surface area contributed by atoms with E-state index in [0.717, 1.165) is 5.02 Å². The number of amides is 1. The largest absolute Gasteiger partial charge is 0.370 e. The van der Waals surface area contributed by atoms with E-state index in [1.165, 1.54) is 25.1 Å². The van der Waals surface area contributed by atoms with E-state index in [1.807, 2.05) is 12.1 Å². The highest BCUT2D eigenvalue weighted by atomic mass is 35.5. The maximum absolute atomic E-state index is 9.27. The third-order valence-electron chi connectivity index (χ3n) is 2.91. The van der Waals surface area contributed by atoms with Gasteiger partial charge in [0.2, 0.25) is 6.41 Å². The summed E-state index contributed by atoms with van der Waals surface area (Å²) in [4.78, 5) is 14.6. The van der Waals surface area contributed by atoms with Gasteiger partial charge < -0.3 is 16.4 Å². The number of carbonyl (C=O) groups is 1. The molecule has 0 aliphatic carbocycles. The van der Waals surface area contributed by atoms with Gasteiger partial charge in [0.15, 0.2) is 5.96 Å². The quantitative estimate of drug-likeness (QED) is 0.484. The molecule has 0 spiro atoms. The van der Waals surface area contributed by atoms with Crippen LogP contribution in [0.3, 0.4) is 0 Å². The molecule has 0 radical (unpaired) electrons. The van der Waals surface area contributed by atoms with Crippen molar-refractivity contribution in [1.82, 2.24) is 4.90 Å². The zero-order valence-electron chi connectivity index (χ0n) is 10.9. The molecule has 2 rings (SSSR count). The third kappa shape index (κ3) is 5.72. The number of aliphatic imine (C=N–C) groups is 1. The van der Waals surface area contributed by atoms with Gasteiger partial charge in [0.05, 0.1) is 0 Å². The van der Waals surface area contributed by atoms with Crippen molar-refractivity contribution in [3.05, 3.63) is 34.9 Å². The monoisotopic (exact) mass is 282 g/mol. The van der Waals surface area contributed by atoms with E-state index < -0.39 is 0 Å². The molecule has 19 heavy (non-hydrogen) atoms. The first-order valence-electron chi connectivity index (χ1n) is 5.99. The van der Waals surface area contributed by atoms with Gasteiger partial charge in [-0.1, -0.05) is 23.7 Å². The van der Waals surface area contributed by atoms with Crippen LogP contribution >= 0.6 is 11.6 Å². The molecule has 5 nitrogen and oxygen atoms in total. The lowest BCUT2D eigenvalue weighted by Gasteiger charge is -2.10. The lowest BCUT2D eigenvalue weighted by atomic mass is 9.99. The molecule has 1 saturated heterocycles. The Labute approximate surface area is 118 Å². The molecule has 0 aromatic heterocycles. The highest BCUT2D eigenvalue weighted by Gasteiger charge is 2.20. The molecule has 4 N–H and O–H groups in total. The summed E-state index contributed by atoms with van der Waals surface area (Å²) in [5.74, 6) is 0.480. The van der Waals surface area contributed by atoms with Crippen molar-refractivity contribution < 1.29 is 4.79 Å². The minimum absolute atomic E-state index is 0.204. The number of nitrogens with zero attached hydrogens (tertiary/aromatic N) is 2. The average molecular weight is 283 g/mol. The summed E-state index contributed by atoms with van der Waals surface area (Å²) in [7, 11) is 2.17. The molecule has 0 bridgehead atoms. The van der Waals surface area contributed by atoms with Crippen molar-refractivity contribution in [2.45, 2.75) is 12.3 Å². The van der Waals surface area contributed by atoms with Crippen LogP contribution in [0.15, 0.2) is 29.3 Å². The molecule has 1 aromatic carbocycles. The van der Waals surface area contributed by atoms with Crippen molar-refractivity contribution >= 4 is 24.0 Å². The Morgan fingerprint density at radius 1 is 1.53 bits per heavy atom. The Balaban J connectivity index is 0.000000258. The molecule has 1 aliphatic rings. The van der Waals surface area contributed by atoms with Crippen LogP contribution < -0.4 is 11.5 Å². The number of hydrogen-bond donors (Lipinski definition) is 2. The molecular formula is C13H19ClN4O. The summed E-state index contributed by atoms with van der Waals surface area (Å²) < 4.78 is 0. The molecule has 1 heterocycles. The lowest BCUT2D eigenvalue weighted by Crippen LogP contribution is -2.22. The number of likely N-dealkylation sites (tertiary alicyclic amines) is 1. The number of guanidine groups is 1. The van der Waals surface area contributed by atoms with Crippen molar-refractivity contribution in [3.8, 4) is 0 Å². The maximum atomic E-state index is 9.27. The van der Waals surface area contributed by atoms with Crippen LogP contribution in [-0.4, -0.2) is 37.4 Å². The van der Waals surface area contributed by atoms with Gasteiger partial charge in [0, 0.05) is 11.6 Å². The predicted molar refractivity (Wildman–Crippen MR) is 78.2 cm³/mol. The van der Waals surface area contributed by atoms with Crippen molar-refractivity contribution in [1.29, 1.82) is 0 Å². The molecule has 1 aromatic rings. The maximum Gasteiger partial charge on any atom is 0.236 e. The second kappa shape index (κ2) is 7.76. The smallest absolute Gasteiger partial charge is 0.236 e. The Kier molecular flexibility index (Phi) is 6.32. The fraction of sp³-hybridized carbons (Fsp3) is 0.385. The molecule has 0 saturated carbocycles. The zero-order valence-corrected chi connectivity index (χ0v) is 11.7.